The van der Waals surface area contributed by atoms with Crippen LogP contribution in [0.4, 0.5) is 0 Å². The summed E-state index contributed by atoms with van der Waals surface area (Å²) >= 11 is 0. The molecule has 0 aromatic heterocycles. The molecule has 0 aromatic rings. The highest BCUT2D eigenvalue weighted by molar-refractivity contribution is 4.87. The Hall–Kier alpha value is -0.0800. The van der Waals surface area contributed by atoms with E-state index >= 15 is 0 Å². The lowest BCUT2D eigenvalue weighted by molar-refractivity contribution is 0.0744. The molecule has 1 rings (SSSR count). The maximum Gasteiger partial charge on any atom is 0.0179 e. The summed E-state index contributed by atoms with van der Waals surface area (Å²) in [5.41, 5.74) is 0.456. The van der Waals surface area contributed by atoms with Crippen molar-refractivity contribution in [3.8, 4) is 0 Å². The van der Waals surface area contributed by atoms with E-state index in [0.29, 0.717) is 5.54 Å². The third-order valence-electron chi connectivity index (χ3n) is 3.71. The van der Waals surface area contributed by atoms with Crippen LogP contribution in [0.25, 0.3) is 0 Å². The Morgan fingerprint density at radius 3 is 2.36 bits per heavy atom. The highest BCUT2D eigenvalue weighted by Crippen LogP contribution is 2.25. The zero-order valence-corrected chi connectivity index (χ0v) is 10.1. The van der Waals surface area contributed by atoms with E-state index in [2.05, 4.69) is 31.0 Å². The summed E-state index contributed by atoms with van der Waals surface area (Å²) in [6.45, 7) is 11.9. The number of rotatable bonds is 5. The number of piperazine rings is 1. The number of hydrogen-bond acceptors (Lipinski definition) is 2. The smallest absolute Gasteiger partial charge is 0.0179 e. The molecule has 0 bridgehead atoms. The molecule has 1 unspecified atom stereocenters. The maximum atomic E-state index is 3.43. The summed E-state index contributed by atoms with van der Waals surface area (Å²) in [6, 6.07) is 0. The average molecular weight is 198 g/mol. The second-order valence-corrected chi connectivity index (χ2v) is 4.69. The molecular weight excluding hydrogens is 172 g/mol. The van der Waals surface area contributed by atoms with Crippen molar-refractivity contribution in [3.63, 3.8) is 0 Å². The molecule has 2 heteroatoms. The molecule has 1 aliphatic rings. The third kappa shape index (κ3) is 2.96. The van der Waals surface area contributed by atoms with Crippen molar-refractivity contribution >= 4 is 0 Å². The third-order valence-corrected chi connectivity index (χ3v) is 3.71. The first-order chi connectivity index (χ1) is 6.73. The van der Waals surface area contributed by atoms with E-state index in [0.717, 1.165) is 0 Å². The van der Waals surface area contributed by atoms with E-state index < -0.39 is 0 Å². The fraction of sp³-hybridized carbons (Fsp3) is 1.00. The van der Waals surface area contributed by atoms with Crippen LogP contribution in [-0.2, 0) is 0 Å². The van der Waals surface area contributed by atoms with Crippen molar-refractivity contribution in [2.45, 2.75) is 52.0 Å². The van der Waals surface area contributed by atoms with Crippen molar-refractivity contribution in [3.05, 3.63) is 0 Å². The van der Waals surface area contributed by atoms with Crippen molar-refractivity contribution in [2.75, 3.05) is 26.2 Å². The Morgan fingerprint density at radius 2 is 1.86 bits per heavy atom. The monoisotopic (exact) mass is 198 g/mol. The van der Waals surface area contributed by atoms with Gasteiger partial charge < -0.3 is 5.32 Å². The Balaban J connectivity index is 2.47. The topological polar surface area (TPSA) is 15.3 Å². The molecule has 0 saturated carbocycles. The van der Waals surface area contributed by atoms with Crippen LogP contribution >= 0.6 is 0 Å². The Morgan fingerprint density at radius 1 is 1.21 bits per heavy atom. The molecule has 2 nitrogen and oxygen atoms in total. The molecule has 84 valence electrons. The van der Waals surface area contributed by atoms with Gasteiger partial charge >= 0.3 is 0 Å². The zero-order valence-electron chi connectivity index (χ0n) is 10.1. The van der Waals surface area contributed by atoms with Gasteiger partial charge in [0.15, 0.2) is 0 Å². The predicted molar refractivity (Wildman–Crippen MR) is 62.7 cm³/mol. The van der Waals surface area contributed by atoms with Gasteiger partial charge in [0.2, 0.25) is 0 Å². The van der Waals surface area contributed by atoms with E-state index in [1.54, 1.807) is 0 Å². The van der Waals surface area contributed by atoms with E-state index in [-0.39, 0.29) is 0 Å². The minimum atomic E-state index is 0.456. The first-order valence-electron chi connectivity index (χ1n) is 6.18. The Labute approximate surface area is 89.1 Å². The fourth-order valence-corrected chi connectivity index (χ4v) is 2.32. The minimum absolute atomic E-state index is 0.456. The minimum Gasteiger partial charge on any atom is -0.314 e. The quantitative estimate of drug-likeness (QED) is 0.729. The van der Waals surface area contributed by atoms with Crippen LogP contribution in [0.15, 0.2) is 0 Å². The van der Waals surface area contributed by atoms with Crippen LogP contribution in [-0.4, -0.2) is 36.6 Å². The Bertz CT molecular complexity index is 152. The van der Waals surface area contributed by atoms with Crippen molar-refractivity contribution in [1.82, 2.24) is 10.2 Å². The van der Waals surface area contributed by atoms with E-state index in [1.165, 1.54) is 51.9 Å². The molecule has 1 aliphatic heterocycles. The van der Waals surface area contributed by atoms with Gasteiger partial charge in [-0.1, -0.05) is 26.7 Å². The normalized spacial score (nSPS) is 23.4. The van der Waals surface area contributed by atoms with Crippen molar-refractivity contribution in [1.29, 1.82) is 0 Å². The van der Waals surface area contributed by atoms with Crippen molar-refractivity contribution < 1.29 is 0 Å². The lowest BCUT2D eigenvalue weighted by Crippen LogP contribution is -2.54. The first-order valence-corrected chi connectivity index (χ1v) is 6.18. The molecule has 1 saturated heterocycles. The van der Waals surface area contributed by atoms with E-state index in [1.807, 2.05) is 0 Å². The van der Waals surface area contributed by atoms with Crippen LogP contribution in [0.1, 0.15) is 46.5 Å². The van der Waals surface area contributed by atoms with Crippen LogP contribution in [0, 0.1) is 0 Å². The summed E-state index contributed by atoms with van der Waals surface area (Å²) in [5.74, 6) is 0. The molecule has 0 amide bonds. The molecule has 1 atom stereocenters. The Kier molecular flexibility index (Phi) is 4.90. The van der Waals surface area contributed by atoms with Gasteiger partial charge in [-0.05, 0) is 19.8 Å². The highest BCUT2D eigenvalue weighted by Gasteiger charge is 2.29. The SMILES string of the molecule is CCCCC(C)(CC)N1CCNCC1. The van der Waals surface area contributed by atoms with Gasteiger partial charge in [0, 0.05) is 31.7 Å². The molecule has 1 heterocycles. The van der Waals surface area contributed by atoms with Gasteiger partial charge in [0.05, 0.1) is 0 Å². The molecular formula is C12H26N2. The number of nitrogens with one attached hydrogen (secondary N) is 1. The lowest BCUT2D eigenvalue weighted by Gasteiger charge is -2.43. The fourth-order valence-electron chi connectivity index (χ4n) is 2.32. The summed E-state index contributed by atoms with van der Waals surface area (Å²) in [5, 5.41) is 3.43. The number of unbranched alkanes of at least 4 members (excludes halogenated alkanes) is 1. The molecule has 0 aromatic carbocycles. The lowest BCUT2D eigenvalue weighted by atomic mass is 9.89. The van der Waals surface area contributed by atoms with Gasteiger partial charge in [-0.2, -0.15) is 0 Å². The second-order valence-electron chi connectivity index (χ2n) is 4.69. The van der Waals surface area contributed by atoms with Gasteiger partial charge in [-0.15, -0.1) is 0 Å². The average Bonchev–Trinajstić information content (AvgIpc) is 2.27. The molecule has 0 aliphatic carbocycles. The molecule has 0 spiro atoms. The highest BCUT2D eigenvalue weighted by atomic mass is 15.2. The van der Waals surface area contributed by atoms with Crippen molar-refractivity contribution in [2.24, 2.45) is 0 Å². The summed E-state index contributed by atoms with van der Waals surface area (Å²) in [7, 11) is 0. The number of nitrogens with zero attached hydrogens (tertiary/aromatic N) is 1. The van der Waals surface area contributed by atoms with Crippen LogP contribution < -0.4 is 5.32 Å². The van der Waals surface area contributed by atoms with Crippen LogP contribution in [0.2, 0.25) is 0 Å². The summed E-state index contributed by atoms with van der Waals surface area (Å²) in [4.78, 5) is 2.68. The van der Waals surface area contributed by atoms with Crippen LogP contribution in [0.3, 0.4) is 0 Å². The zero-order chi connectivity index (χ0) is 10.4. The standard InChI is InChI=1S/C12H26N2/c1-4-6-7-12(3,5-2)14-10-8-13-9-11-14/h13H,4-11H2,1-3H3. The number of hydrogen-bond donors (Lipinski definition) is 1. The summed E-state index contributed by atoms with van der Waals surface area (Å²) < 4.78 is 0. The van der Waals surface area contributed by atoms with Gasteiger partial charge in [0.25, 0.3) is 0 Å². The molecule has 1 fully saturated rings. The van der Waals surface area contributed by atoms with Crippen LogP contribution in [0.5, 0.6) is 0 Å². The van der Waals surface area contributed by atoms with E-state index in [9.17, 15) is 0 Å². The van der Waals surface area contributed by atoms with Gasteiger partial charge in [0.1, 0.15) is 0 Å². The van der Waals surface area contributed by atoms with Gasteiger partial charge in [-0.25, -0.2) is 0 Å². The summed E-state index contributed by atoms with van der Waals surface area (Å²) in [6.07, 6.45) is 5.34. The first kappa shape index (κ1) is 12.0. The van der Waals surface area contributed by atoms with E-state index in [4.69, 9.17) is 0 Å². The molecule has 1 N–H and O–H groups in total. The molecule has 14 heavy (non-hydrogen) atoms. The second kappa shape index (κ2) is 5.72. The predicted octanol–water partition coefficient (Wildman–Crippen LogP) is 2.25. The maximum absolute atomic E-state index is 3.43. The van der Waals surface area contributed by atoms with Gasteiger partial charge in [-0.3, -0.25) is 4.90 Å². The largest absolute Gasteiger partial charge is 0.314 e. The molecule has 0 radical (unpaired) electrons.